The first-order chi connectivity index (χ1) is 16.5. The van der Waals surface area contributed by atoms with Crippen LogP contribution in [0.15, 0.2) is 42.7 Å². The number of benzene rings is 1. The molecule has 0 spiro atoms. The third-order valence-electron chi connectivity index (χ3n) is 5.13. The van der Waals surface area contributed by atoms with E-state index in [9.17, 15) is 9.59 Å². The molecule has 1 aromatic carbocycles. The Balaban J connectivity index is 1.36. The van der Waals surface area contributed by atoms with E-state index in [1.165, 1.54) is 18.4 Å². The Morgan fingerprint density at radius 1 is 1.09 bits per heavy atom. The summed E-state index contributed by atoms with van der Waals surface area (Å²) in [6.45, 7) is 4.83. The maximum atomic E-state index is 12.6. The van der Waals surface area contributed by atoms with Gasteiger partial charge in [0.2, 0.25) is 0 Å². The number of thiazole rings is 1. The largest absolute Gasteiger partial charge is 0.493 e. The lowest BCUT2D eigenvalue weighted by Crippen LogP contribution is -2.41. The maximum absolute atomic E-state index is 12.6. The van der Waals surface area contributed by atoms with Gasteiger partial charge < -0.3 is 19.1 Å². The van der Waals surface area contributed by atoms with Gasteiger partial charge in [-0.3, -0.25) is 25.4 Å². The molecule has 2 aromatic heterocycles. The number of rotatable bonds is 7. The number of aryl methyl sites for hydroxylation is 1. The first-order valence-corrected chi connectivity index (χ1v) is 11.5. The molecule has 0 atom stereocenters. The number of ether oxygens (including phenoxy) is 3. The van der Waals surface area contributed by atoms with Crippen LogP contribution < -0.4 is 25.2 Å². The summed E-state index contributed by atoms with van der Waals surface area (Å²) in [7, 11) is 1.50. The fraction of sp³-hybridized carbons (Fsp3) is 0.304. The molecule has 1 aliphatic rings. The third kappa shape index (κ3) is 5.61. The normalized spacial score (nSPS) is 13.3. The number of carbonyl (C=O) groups is 2. The zero-order valence-corrected chi connectivity index (χ0v) is 19.7. The van der Waals surface area contributed by atoms with Crippen LogP contribution in [0.2, 0.25) is 0 Å². The van der Waals surface area contributed by atoms with E-state index in [0.29, 0.717) is 47.5 Å². The number of hydrazine groups is 1. The van der Waals surface area contributed by atoms with E-state index in [0.717, 1.165) is 23.8 Å². The molecule has 2 amide bonds. The van der Waals surface area contributed by atoms with Crippen molar-refractivity contribution in [2.75, 3.05) is 38.3 Å². The lowest BCUT2D eigenvalue weighted by atomic mass is 10.2. The second-order valence-electron chi connectivity index (χ2n) is 7.43. The predicted octanol–water partition coefficient (Wildman–Crippen LogP) is 2.35. The van der Waals surface area contributed by atoms with Crippen LogP contribution in [-0.2, 0) is 11.3 Å². The smallest absolute Gasteiger partial charge is 0.281 e. The van der Waals surface area contributed by atoms with E-state index in [4.69, 9.17) is 14.2 Å². The summed E-state index contributed by atoms with van der Waals surface area (Å²) in [5.41, 5.74) is 6.78. The molecule has 3 heterocycles. The summed E-state index contributed by atoms with van der Waals surface area (Å²) < 4.78 is 16.5. The van der Waals surface area contributed by atoms with Crippen molar-refractivity contribution >= 4 is 28.3 Å². The number of hydrogen-bond donors (Lipinski definition) is 2. The van der Waals surface area contributed by atoms with Gasteiger partial charge in [0.05, 0.1) is 26.0 Å². The van der Waals surface area contributed by atoms with Crippen molar-refractivity contribution in [1.29, 1.82) is 0 Å². The molecule has 2 N–H and O–H groups in total. The number of anilines is 1. The second-order valence-corrected chi connectivity index (χ2v) is 8.41. The fourth-order valence-corrected chi connectivity index (χ4v) is 4.31. The van der Waals surface area contributed by atoms with E-state index < -0.39 is 11.8 Å². The summed E-state index contributed by atoms with van der Waals surface area (Å²) in [5.74, 6) is -0.00709. The molecule has 0 unspecified atom stereocenters. The molecule has 3 aromatic rings. The number of morpholine rings is 1. The van der Waals surface area contributed by atoms with Gasteiger partial charge in [0, 0.05) is 31.0 Å². The van der Waals surface area contributed by atoms with Gasteiger partial charge in [0.15, 0.2) is 16.6 Å². The topological polar surface area (TPSA) is 115 Å². The summed E-state index contributed by atoms with van der Waals surface area (Å²) >= 11 is 1.29. The van der Waals surface area contributed by atoms with Gasteiger partial charge in [-0.15, -0.1) is 0 Å². The standard InChI is InChI=1S/C23H25N5O5S/c1-15-20(34-23(25-15)28-9-11-32-12-10-28)22(30)27-26-21(29)17-3-4-18(19(13-17)31-2)33-14-16-5-7-24-8-6-16/h3-8,13H,9-12,14H2,1-2H3,(H,26,29)(H,27,30). The molecule has 178 valence electrons. The van der Waals surface area contributed by atoms with Crippen molar-refractivity contribution in [3.63, 3.8) is 0 Å². The molecule has 1 fully saturated rings. The van der Waals surface area contributed by atoms with Crippen molar-refractivity contribution in [3.05, 3.63) is 64.4 Å². The van der Waals surface area contributed by atoms with E-state index in [1.807, 2.05) is 12.1 Å². The van der Waals surface area contributed by atoms with Crippen molar-refractivity contribution < 1.29 is 23.8 Å². The van der Waals surface area contributed by atoms with Gasteiger partial charge in [0.1, 0.15) is 11.5 Å². The van der Waals surface area contributed by atoms with E-state index in [-0.39, 0.29) is 0 Å². The Kier molecular flexibility index (Phi) is 7.55. The minimum Gasteiger partial charge on any atom is -0.493 e. The summed E-state index contributed by atoms with van der Waals surface area (Å²) in [6, 6.07) is 8.51. The van der Waals surface area contributed by atoms with E-state index >= 15 is 0 Å². The highest BCUT2D eigenvalue weighted by atomic mass is 32.1. The highest BCUT2D eigenvalue weighted by molar-refractivity contribution is 7.17. The number of amides is 2. The fourth-order valence-electron chi connectivity index (χ4n) is 3.29. The molecule has 4 rings (SSSR count). The molecular weight excluding hydrogens is 458 g/mol. The van der Waals surface area contributed by atoms with Crippen LogP contribution in [0.5, 0.6) is 11.5 Å². The van der Waals surface area contributed by atoms with Crippen LogP contribution in [0.3, 0.4) is 0 Å². The van der Waals surface area contributed by atoms with Crippen molar-refractivity contribution in [3.8, 4) is 11.5 Å². The number of carbonyl (C=O) groups excluding carboxylic acids is 2. The zero-order valence-electron chi connectivity index (χ0n) is 18.9. The molecule has 0 radical (unpaired) electrons. The molecular formula is C23H25N5O5S. The van der Waals surface area contributed by atoms with Crippen LogP contribution in [0, 0.1) is 6.92 Å². The molecule has 0 bridgehead atoms. The highest BCUT2D eigenvalue weighted by Gasteiger charge is 2.21. The monoisotopic (exact) mass is 483 g/mol. The molecule has 11 heteroatoms. The Morgan fingerprint density at radius 3 is 2.56 bits per heavy atom. The predicted molar refractivity (Wildman–Crippen MR) is 126 cm³/mol. The second kappa shape index (κ2) is 10.9. The van der Waals surface area contributed by atoms with Gasteiger partial charge in [-0.05, 0) is 42.8 Å². The van der Waals surface area contributed by atoms with Crippen LogP contribution in [0.1, 0.15) is 31.3 Å². The van der Waals surface area contributed by atoms with Crippen LogP contribution >= 0.6 is 11.3 Å². The molecule has 10 nitrogen and oxygen atoms in total. The van der Waals surface area contributed by atoms with Gasteiger partial charge in [-0.25, -0.2) is 4.98 Å². The minimum absolute atomic E-state index is 0.309. The van der Waals surface area contributed by atoms with Gasteiger partial charge in [-0.2, -0.15) is 0 Å². The number of hydrogen-bond acceptors (Lipinski definition) is 9. The van der Waals surface area contributed by atoms with Crippen molar-refractivity contribution in [1.82, 2.24) is 20.8 Å². The lowest BCUT2D eigenvalue weighted by molar-refractivity contribution is 0.0848. The average molecular weight is 484 g/mol. The number of pyridine rings is 1. The Morgan fingerprint density at radius 2 is 1.82 bits per heavy atom. The molecule has 34 heavy (non-hydrogen) atoms. The van der Waals surface area contributed by atoms with Gasteiger partial charge in [0.25, 0.3) is 11.8 Å². The van der Waals surface area contributed by atoms with Gasteiger partial charge in [-0.1, -0.05) is 11.3 Å². The summed E-state index contributed by atoms with van der Waals surface area (Å²) in [5, 5.41) is 0.768. The average Bonchev–Trinajstić information content (AvgIpc) is 3.28. The first-order valence-electron chi connectivity index (χ1n) is 10.7. The SMILES string of the molecule is COc1cc(C(=O)NNC(=O)c2sc(N3CCOCC3)nc2C)ccc1OCc1ccncc1. The first kappa shape index (κ1) is 23.5. The quantitative estimate of drug-likeness (QED) is 0.492. The number of nitrogens with zero attached hydrogens (tertiary/aromatic N) is 3. The number of aromatic nitrogens is 2. The number of methoxy groups -OCH3 is 1. The van der Waals surface area contributed by atoms with E-state index in [1.54, 1.807) is 37.5 Å². The third-order valence-corrected chi connectivity index (χ3v) is 6.35. The summed E-state index contributed by atoms with van der Waals surface area (Å²) in [6.07, 6.45) is 3.38. The Labute approximate surface area is 200 Å². The van der Waals surface area contributed by atoms with Crippen molar-refractivity contribution in [2.45, 2.75) is 13.5 Å². The Bertz CT molecular complexity index is 1150. The Hall–Kier alpha value is -3.70. The molecule has 0 saturated carbocycles. The lowest BCUT2D eigenvalue weighted by Gasteiger charge is -2.25. The van der Waals surface area contributed by atoms with Crippen LogP contribution in [0.25, 0.3) is 0 Å². The zero-order chi connectivity index (χ0) is 23.9. The maximum Gasteiger partial charge on any atom is 0.281 e. The minimum atomic E-state index is -0.483. The number of nitrogens with one attached hydrogen (secondary N) is 2. The molecule has 1 saturated heterocycles. The molecule has 0 aliphatic carbocycles. The molecule has 1 aliphatic heterocycles. The van der Waals surface area contributed by atoms with E-state index in [2.05, 4.69) is 25.7 Å². The van der Waals surface area contributed by atoms with Crippen LogP contribution in [-0.4, -0.2) is 55.2 Å². The summed E-state index contributed by atoms with van der Waals surface area (Å²) in [4.78, 5) is 36.3. The van der Waals surface area contributed by atoms with Gasteiger partial charge >= 0.3 is 0 Å². The van der Waals surface area contributed by atoms with Crippen molar-refractivity contribution in [2.24, 2.45) is 0 Å². The van der Waals surface area contributed by atoms with Crippen LogP contribution in [0.4, 0.5) is 5.13 Å². The highest BCUT2D eigenvalue weighted by Crippen LogP contribution is 2.29.